The van der Waals surface area contributed by atoms with Crippen molar-refractivity contribution in [3.05, 3.63) is 23.9 Å². The van der Waals surface area contributed by atoms with Gasteiger partial charge in [0.15, 0.2) is 5.96 Å². The highest BCUT2D eigenvalue weighted by Gasteiger charge is 2.18. The van der Waals surface area contributed by atoms with Crippen LogP contribution in [0.25, 0.3) is 0 Å². The summed E-state index contributed by atoms with van der Waals surface area (Å²) >= 11 is 0. The van der Waals surface area contributed by atoms with Crippen LogP contribution in [0.2, 0.25) is 0 Å². The second-order valence-corrected chi connectivity index (χ2v) is 5.12. The van der Waals surface area contributed by atoms with Crippen molar-refractivity contribution >= 4 is 5.96 Å². The Kier molecular flexibility index (Phi) is 5.65. The van der Waals surface area contributed by atoms with E-state index in [2.05, 4.69) is 22.2 Å². The summed E-state index contributed by atoms with van der Waals surface area (Å²) in [4.78, 5) is 8.66. The first-order valence-corrected chi connectivity index (χ1v) is 7.44. The molecule has 0 bridgehead atoms. The van der Waals surface area contributed by atoms with Crippen LogP contribution in [0.3, 0.4) is 0 Å². The predicted octanol–water partition coefficient (Wildman–Crippen LogP) is 2.22. The fourth-order valence-electron chi connectivity index (χ4n) is 2.29. The number of pyridine rings is 1. The summed E-state index contributed by atoms with van der Waals surface area (Å²) in [5, 5.41) is 3.06. The predicted molar refractivity (Wildman–Crippen MR) is 80.7 cm³/mol. The van der Waals surface area contributed by atoms with E-state index in [4.69, 9.17) is 10.5 Å². The molecule has 1 aliphatic rings. The van der Waals surface area contributed by atoms with Crippen LogP contribution in [-0.2, 0) is 6.54 Å². The zero-order valence-corrected chi connectivity index (χ0v) is 12.1. The van der Waals surface area contributed by atoms with E-state index in [1.54, 1.807) is 6.20 Å². The van der Waals surface area contributed by atoms with Crippen LogP contribution in [0.5, 0.6) is 5.88 Å². The summed E-state index contributed by atoms with van der Waals surface area (Å²) in [6.45, 7) is 3.43. The van der Waals surface area contributed by atoms with E-state index in [-0.39, 0.29) is 0 Å². The lowest BCUT2D eigenvalue weighted by molar-refractivity contribution is 0.199. The first-order chi connectivity index (χ1) is 9.79. The Hall–Kier alpha value is -1.78. The number of guanidine groups is 1. The van der Waals surface area contributed by atoms with Gasteiger partial charge in [0.05, 0.1) is 6.54 Å². The minimum absolute atomic E-state index is 0.309. The quantitative estimate of drug-likeness (QED) is 0.617. The topological polar surface area (TPSA) is 72.5 Å². The molecule has 0 amide bonds. The Bertz CT molecular complexity index is 441. The number of aliphatic imine (C=N–C) groups is 1. The molecule has 1 saturated carbocycles. The molecule has 5 nitrogen and oxygen atoms in total. The van der Waals surface area contributed by atoms with E-state index in [1.165, 1.54) is 12.8 Å². The number of aromatic nitrogens is 1. The molecule has 0 aliphatic heterocycles. The zero-order chi connectivity index (χ0) is 14.2. The van der Waals surface area contributed by atoms with Gasteiger partial charge >= 0.3 is 0 Å². The lowest BCUT2D eigenvalue weighted by Gasteiger charge is -2.14. The molecule has 5 heteroatoms. The van der Waals surface area contributed by atoms with Crippen molar-refractivity contribution in [2.45, 2.75) is 51.7 Å². The second kappa shape index (κ2) is 7.72. The van der Waals surface area contributed by atoms with Gasteiger partial charge in [-0.25, -0.2) is 9.98 Å². The van der Waals surface area contributed by atoms with Crippen LogP contribution in [0.15, 0.2) is 23.3 Å². The molecule has 0 unspecified atom stereocenters. The monoisotopic (exact) mass is 276 g/mol. The third-order valence-electron chi connectivity index (χ3n) is 3.41. The largest absolute Gasteiger partial charge is 0.474 e. The molecule has 20 heavy (non-hydrogen) atoms. The minimum Gasteiger partial charge on any atom is -0.474 e. The van der Waals surface area contributed by atoms with Gasteiger partial charge in [-0.1, -0.05) is 13.0 Å². The van der Waals surface area contributed by atoms with Gasteiger partial charge in [-0.3, -0.25) is 0 Å². The summed E-state index contributed by atoms with van der Waals surface area (Å²) in [7, 11) is 0. The Labute approximate surface area is 120 Å². The summed E-state index contributed by atoms with van der Waals surface area (Å²) in [6.07, 6.45) is 7.84. The van der Waals surface area contributed by atoms with Gasteiger partial charge < -0.3 is 15.8 Å². The fourth-order valence-corrected chi connectivity index (χ4v) is 2.29. The second-order valence-electron chi connectivity index (χ2n) is 5.12. The van der Waals surface area contributed by atoms with Crippen LogP contribution >= 0.6 is 0 Å². The average Bonchev–Trinajstić information content (AvgIpc) is 2.97. The summed E-state index contributed by atoms with van der Waals surface area (Å²) in [6, 6.07) is 3.90. The smallest absolute Gasteiger partial charge is 0.218 e. The molecule has 0 atom stereocenters. The van der Waals surface area contributed by atoms with E-state index in [9.17, 15) is 0 Å². The normalized spacial score (nSPS) is 16.4. The molecule has 110 valence electrons. The van der Waals surface area contributed by atoms with Gasteiger partial charge in [-0.2, -0.15) is 0 Å². The molecule has 2 rings (SSSR count). The number of rotatable bonds is 6. The molecule has 1 heterocycles. The molecule has 1 aromatic heterocycles. The van der Waals surface area contributed by atoms with Crippen molar-refractivity contribution in [1.29, 1.82) is 0 Å². The molecule has 0 aromatic carbocycles. The highest BCUT2D eigenvalue weighted by molar-refractivity contribution is 5.77. The van der Waals surface area contributed by atoms with Crippen molar-refractivity contribution in [1.82, 2.24) is 10.3 Å². The van der Waals surface area contributed by atoms with E-state index in [0.29, 0.717) is 24.5 Å². The first kappa shape index (κ1) is 14.6. The fraction of sp³-hybridized carbons (Fsp3) is 0.600. The van der Waals surface area contributed by atoms with Crippen LogP contribution in [0, 0.1) is 0 Å². The lowest BCUT2D eigenvalue weighted by atomic mass is 10.2. The average molecular weight is 276 g/mol. The van der Waals surface area contributed by atoms with Gasteiger partial charge in [-0.15, -0.1) is 0 Å². The van der Waals surface area contributed by atoms with E-state index in [0.717, 1.165) is 31.4 Å². The summed E-state index contributed by atoms with van der Waals surface area (Å²) in [5.41, 5.74) is 6.79. The molecule has 0 radical (unpaired) electrons. The van der Waals surface area contributed by atoms with Gasteiger partial charge in [0.2, 0.25) is 5.88 Å². The molecular weight excluding hydrogens is 252 g/mol. The molecule has 1 aromatic rings. The Morgan fingerprint density at radius 2 is 2.30 bits per heavy atom. The standard InChI is InChI=1S/C15H24N4O/c1-2-9-18-15(16)19-11-12-6-5-10-17-14(12)20-13-7-3-4-8-13/h5-6,10,13H,2-4,7-9,11H2,1H3,(H3,16,18,19). The number of nitrogens with two attached hydrogens (primary N) is 1. The minimum atomic E-state index is 0.309. The van der Waals surface area contributed by atoms with Gasteiger partial charge in [0, 0.05) is 18.3 Å². The third kappa shape index (κ3) is 4.40. The van der Waals surface area contributed by atoms with Gasteiger partial charge in [0.1, 0.15) is 6.10 Å². The van der Waals surface area contributed by atoms with Crippen molar-refractivity contribution in [3.63, 3.8) is 0 Å². The van der Waals surface area contributed by atoms with E-state index in [1.807, 2.05) is 12.1 Å². The molecule has 3 N–H and O–H groups in total. The molecular formula is C15H24N4O. The Morgan fingerprint density at radius 1 is 1.50 bits per heavy atom. The molecule has 0 spiro atoms. The van der Waals surface area contributed by atoms with Crippen molar-refractivity contribution in [2.75, 3.05) is 6.54 Å². The molecule has 1 fully saturated rings. The van der Waals surface area contributed by atoms with Crippen LogP contribution in [0.1, 0.15) is 44.6 Å². The Balaban J connectivity index is 1.96. The van der Waals surface area contributed by atoms with E-state index >= 15 is 0 Å². The first-order valence-electron chi connectivity index (χ1n) is 7.44. The number of hydrogen-bond donors (Lipinski definition) is 2. The maximum absolute atomic E-state index is 5.98. The number of nitrogens with zero attached hydrogens (tertiary/aromatic N) is 2. The van der Waals surface area contributed by atoms with Crippen molar-refractivity contribution in [2.24, 2.45) is 10.7 Å². The zero-order valence-electron chi connectivity index (χ0n) is 12.1. The highest BCUT2D eigenvalue weighted by Crippen LogP contribution is 2.25. The lowest BCUT2D eigenvalue weighted by Crippen LogP contribution is -2.32. The van der Waals surface area contributed by atoms with Crippen LogP contribution in [-0.4, -0.2) is 23.6 Å². The molecule has 0 saturated heterocycles. The third-order valence-corrected chi connectivity index (χ3v) is 3.41. The van der Waals surface area contributed by atoms with Crippen molar-refractivity contribution < 1.29 is 4.74 Å². The molecule has 1 aliphatic carbocycles. The van der Waals surface area contributed by atoms with Crippen LogP contribution in [0.4, 0.5) is 0 Å². The SMILES string of the molecule is CCCNC(N)=NCc1cccnc1OC1CCCC1. The van der Waals surface area contributed by atoms with Gasteiger partial charge in [0.25, 0.3) is 0 Å². The van der Waals surface area contributed by atoms with E-state index < -0.39 is 0 Å². The Morgan fingerprint density at radius 3 is 3.05 bits per heavy atom. The highest BCUT2D eigenvalue weighted by atomic mass is 16.5. The number of nitrogens with one attached hydrogen (secondary N) is 1. The van der Waals surface area contributed by atoms with Crippen molar-refractivity contribution in [3.8, 4) is 5.88 Å². The summed E-state index contributed by atoms with van der Waals surface area (Å²) < 4.78 is 5.98. The van der Waals surface area contributed by atoms with Gasteiger partial charge in [-0.05, 0) is 38.2 Å². The number of hydrogen-bond acceptors (Lipinski definition) is 3. The maximum atomic E-state index is 5.98. The summed E-state index contributed by atoms with van der Waals surface area (Å²) in [5.74, 6) is 1.17. The number of ether oxygens (including phenoxy) is 1. The van der Waals surface area contributed by atoms with Crippen LogP contribution < -0.4 is 15.8 Å². The maximum Gasteiger partial charge on any atom is 0.218 e.